The fraction of sp³-hybridized carbons (Fsp3) is 0.880. The summed E-state index contributed by atoms with van der Waals surface area (Å²) in [4.78, 5) is 15.7. The molecule has 0 aromatic rings. The lowest BCUT2D eigenvalue weighted by molar-refractivity contribution is -0.205. The Balaban J connectivity index is 1.29. The Morgan fingerprint density at radius 2 is 1.83 bits per heavy atom. The molecule has 11 heteroatoms. The van der Waals surface area contributed by atoms with Crippen molar-refractivity contribution in [2.45, 2.75) is 85.4 Å². The Morgan fingerprint density at radius 1 is 1.03 bits per heavy atom. The quantitative estimate of drug-likeness (QED) is 0.297. The highest BCUT2D eigenvalue weighted by atomic mass is 32.2. The second-order valence-electron chi connectivity index (χ2n) is 10.6. The molecule has 5 aliphatic heterocycles. The molecule has 9 unspecified atom stereocenters. The molecule has 4 fully saturated rings. The van der Waals surface area contributed by atoms with Crippen molar-refractivity contribution >= 4 is 17.7 Å². The third-order valence-electron chi connectivity index (χ3n) is 8.13. The minimum absolute atomic E-state index is 0.153. The summed E-state index contributed by atoms with van der Waals surface area (Å²) in [5.41, 5.74) is -0.704. The van der Waals surface area contributed by atoms with Gasteiger partial charge < -0.3 is 40.2 Å². The topological polar surface area (TPSA) is 133 Å². The molecular formula is C25H41N3O7S. The van der Waals surface area contributed by atoms with Crippen molar-refractivity contribution in [3.8, 4) is 0 Å². The molecule has 0 spiro atoms. The maximum Gasteiger partial charge on any atom is 0.240 e. The molecular weight excluding hydrogens is 486 g/mol. The van der Waals surface area contributed by atoms with Crippen molar-refractivity contribution in [3.05, 3.63) is 12.2 Å². The number of nitrogens with zero attached hydrogens (tertiary/aromatic N) is 1. The molecule has 36 heavy (non-hydrogen) atoms. The Hall–Kier alpha value is -0.760. The van der Waals surface area contributed by atoms with E-state index in [0.29, 0.717) is 32.2 Å². The summed E-state index contributed by atoms with van der Waals surface area (Å²) in [5.74, 6) is 0.149. The molecule has 0 saturated carbocycles. The fourth-order valence-corrected chi connectivity index (χ4v) is 7.46. The summed E-state index contributed by atoms with van der Waals surface area (Å²) >= 11 is 1.49. The number of carbonyl (C=O) groups excluding carboxylic acids is 1. The first-order valence-corrected chi connectivity index (χ1v) is 14.4. The number of aliphatic hydroxyl groups is 3. The molecule has 5 rings (SSSR count). The maximum absolute atomic E-state index is 13.4. The van der Waals surface area contributed by atoms with Gasteiger partial charge in [-0.2, -0.15) is 0 Å². The SMILES string of the molecule is O=C(N[C@@H]1C/C=C\CC(CN2CCOCC2)SC2OC1C(O)C(O)C2O)C1NCC2CCCCOC21. The third-order valence-corrected chi connectivity index (χ3v) is 9.52. The van der Waals surface area contributed by atoms with Crippen LogP contribution in [0.15, 0.2) is 12.2 Å². The zero-order valence-electron chi connectivity index (χ0n) is 20.7. The number of hydrogen-bond donors (Lipinski definition) is 5. The van der Waals surface area contributed by atoms with Crippen LogP contribution in [0.4, 0.5) is 0 Å². The van der Waals surface area contributed by atoms with Gasteiger partial charge >= 0.3 is 0 Å². The van der Waals surface area contributed by atoms with Gasteiger partial charge in [-0.25, -0.2) is 0 Å². The molecule has 1 amide bonds. The van der Waals surface area contributed by atoms with Crippen LogP contribution in [0.5, 0.6) is 0 Å². The van der Waals surface area contributed by atoms with Crippen LogP contribution in [0.2, 0.25) is 0 Å². The van der Waals surface area contributed by atoms with E-state index >= 15 is 0 Å². The number of ether oxygens (including phenoxy) is 3. The van der Waals surface area contributed by atoms with E-state index < -0.39 is 41.9 Å². The van der Waals surface area contributed by atoms with E-state index in [1.165, 1.54) is 11.8 Å². The van der Waals surface area contributed by atoms with Gasteiger partial charge in [0.1, 0.15) is 35.9 Å². The van der Waals surface area contributed by atoms with Gasteiger partial charge in [-0.3, -0.25) is 9.69 Å². The second-order valence-corrected chi connectivity index (χ2v) is 12.1. The molecule has 5 aliphatic rings. The molecule has 5 heterocycles. The van der Waals surface area contributed by atoms with Gasteiger partial charge in [0.2, 0.25) is 5.91 Å². The number of hydrogen-bond acceptors (Lipinski definition) is 10. The molecule has 2 bridgehead atoms. The molecule has 10 atom stereocenters. The first-order chi connectivity index (χ1) is 17.5. The van der Waals surface area contributed by atoms with Crippen molar-refractivity contribution < 1.29 is 34.3 Å². The van der Waals surface area contributed by atoms with Gasteiger partial charge in [0, 0.05) is 38.0 Å². The number of rotatable bonds is 4. The van der Waals surface area contributed by atoms with E-state index in [2.05, 4.69) is 21.6 Å². The van der Waals surface area contributed by atoms with Crippen LogP contribution in [0.25, 0.3) is 0 Å². The normalized spacial score (nSPS) is 45.3. The molecule has 10 nitrogen and oxygen atoms in total. The predicted molar refractivity (Wildman–Crippen MR) is 134 cm³/mol. The lowest BCUT2D eigenvalue weighted by Gasteiger charge is -2.45. The van der Waals surface area contributed by atoms with E-state index in [1.54, 1.807) is 0 Å². The first-order valence-electron chi connectivity index (χ1n) is 13.5. The average Bonchev–Trinajstić information content (AvgIpc) is 3.15. The number of morpholine rings is 1. The minimum atomic E-state index is -1.35. The molecule has 0 aromatic carbocycles. The van der Waals surface area contributed by atoms with Crippen LogP contribution in [0.1, 0.15) is 32.1 Å². The Labute approximate surface area is 217 Å². The van der Waals surface area contributed by atoms with Crippen LogP contribution in [0.3, 0.4) is 0 Å². The minimum Gasteiger partial charge on any atom is -0.388 e. The number of carbonyl (C=O) groups is 1. The lowest BCUT2D eigenvalue weighted by atomic mass is 9.92. The monoisotopic (exact) mass is 527 g/mol. The molecule has 0 aromatic heterocycles. The summed E-state index contributed by atoms with van der Waals surface area (Å²) < 4.78 is 17.7. The summed E-state index contributed by atoms with van der Waals surface area (Å²) in [6.45, 7) is 5.41. The van der Waals surface area contributed by atoms with E-state index in [0.717, 1.165) is 51.9 Å². The zero-order valence-corrected chi connectivity index (χ0v) is 21.6. The van der Waals surface area contributed by atoms with Gasteiger partial charge in [-0.1, -0.05) is 18.6 Å². The molecule has 4 saturated heterocycles. The van der Waals surface area contributed by atoms with E-state index in [4.69, 9.17) is 14.2 Å². The number of aliphatic hydroxyl groups excluding tert-OH is 3. The number of allylic oxidation sites excluding steroid dienone is 1. The first kappa shape index (κ1) is 26.8. The summed E-state index contributed by atoms with van der Waals surface area (Å²) in [6.07, 6.45) is 3.67. The molecule has 0 aliphatic carbocycles. The highest BCUT2D eigenvalue weighted by molar-refractivity contribution is 8.00. The highest BCUT2D eigenvalue weighted by Crippen LogP contribution is 2.35. The summed E-state index contributed by atoms with van der Waals surface area (Å²) in [7, 11) is 0. The van der Waals surface area contributed by atoms with Gasteiger partial charge in [-0.05, 0) is 31.6 Å². The number of thioether (sulfide) groups is 1. The van der Waals surface area contributed by atoms with Crippen molar-refractivity contribution in [1.29, 1.82) is 0 Å². The Kier molecular flexibility index (Phi) is 9.24. The van der Waals surface area contributed by atoms with Crippen molar-refractivity contribution in [2.75, 3.05) is 46.0 Å². The Morgan fingerprint density at radius 3 is 2.67 bits per heavy atom. The van der Waals surface area contributed by atoms with Crippen LogP contribution in [-0.4, -0.2) is 125 Å². The van der Waals surface area contributed by atoms with Gasteiger partial charge in [0.15, 0.2) is 0 Å². The van der Waals surface area contributed by atoms with Crippen molar-refractivity contribution in [1.82, 2.24) is 15.5 Å². The van der Waals surface area contributed by atoms with Crippen molar-refractivity contribution in [3.63, 3.8) is 0 Å². The van der Waals surface area contributed by atoms with Gasteiger partial charge in [0.25, 0.3) is 0 Å². The molecule has 5 N–H and O–H groups in total. The van der Waals surface area contributed by atoms with Crippen LogP contribution >= 0.6 is 11.8 Å². The van der Waals surface area contributed by atoms with Gasteiger partial charge in [0.05, 0.1) is 25.4 Å². The van der Waals surface area contributed by atoms with E-state index in [1.807, 2.05) is 6.08 Å². The summed E-state index contributed by atoms with van der Waals surface area (Å²) in [5, 5.41) is 38.9. The predicted octanol–water partition coefficient (Wildman–Crippen LogP) is -0.780. The zero-order chi connectivity index (χ0) is 25.1. The number of fused-ring (bicyclic) bond motifs is 3. The highest BCUT2D eigenvalue weighted by Gasteiger charge is 2.49. The third kappa shape index (κ3) is 6.10. The maximum atomic E-state index is 13.4. The standard InChI is InChI=1S/C25H41N3O7S/c29-19-20(30)23-17(27-24(32)18-22-15(13-26-18)5-3-4-10-34-22)7-2-1-6-16(36-25(35-23)21(19)31)14-28-8-11-33-12-9-28/h1-2,15-23,25-26,29-31H,3-14H2,(H,27,32)/b2-1-/t15?,16?,17-,18?,19?,20?,21?,22?,23?,25?/m1/s1. The second kappa shape index (κ2) is 12.4. The van der Waals surface area contributed by atoms with Crippen LogP contribution < -0.4 is 10.6 Å². The van der Waals surface area contributed by atoms with Gasteiger partial charge in [-0.15, -0.1) is 11.8 Å². The largest absolute Gasteiger partial charge is 0.388 e. The van der Waals surface area contributed by atoms with E-state index in [9.17, 15) is 20.1 Å². The van der Waals surface area contributed by atoms with Crippen LogP contribution in [-0.2, 0) is 19.0 Å². The fourth-order valence-electron chi connectivity index (χ4n) is 6.04. The number of amides is 1. The Bertz CT molecular complexity index is 770. The average molecular weight is 528 g/mol. The molecule has 0 radical (unpaired) electrons. The van der Waals surface area contributed by atoms with Crippen molar-refractivity contribution in [2.24, 2.45) is 5.92 Å². The number of nitrogens with one attached hydrogen (secondary N) is 2. The van der Waals surface area contributed by atoms with Crippen LogP contribution in [0, 0.1) is 5.92 Å². The summed E-state index contributed by atoms with van der Waals surface area (Å²) in [6, 6.07) is -0.997. The van der Waals surface area contributed by atoms with E-state index in [-0.39, 0.29) is 17.3 Å². The lowest BCUT2D eigenvalue weighted by Crippen LogP contribution is -2.64. The molecule has 204 valence electrons. The smallest absolute Gasteiger partial charge is 0.240 e.